The molecular weight excluding hydrogens is 422 g/mol. The average Bonchev–Trinajstić information content (AvgIpc) is 3.44. The van der Waals surface area contributed by atoms with Gasteiger partial charge in [0.1, 0.15) is 23.8 Å². The lowest BCUT2D eigenvalue weighted by Gasteiger charge is -2.40. The van der Waals surface area contributed by atoms with Crippen molar-refractivity contribution in [3.05, 3.63) is 66.5 Å². The molecule has 1 aromatic heterocycles. The number of amides is 2. The number of carbonyl (C=O) groups excluding carboxylic acids is 2. The van der Waals surface area contributed by atoms with Gasteiger partial charge in [-0.2, -0.15) is 0 Å². The zero-order chi connectivity index (χ0) is 22.8. The molecule has 0 saturated carbocycles. The first-order valence-corrected chi connectivity index (χ1v) is 10.9. The minimum atomic E-state index is -0.328. The maximum Gasteiger partial charge on any atom is 0.228 e. The number of likely N-dealkylation sites (tertiary alicyclic amines) is 1. The van der Waals surface area contributed by atoms with Crippen LogP contribution in [0.4, 0.5) is 5.69 Å². The molecule has 170 valence electrons. The average molecular weight is 447 g/mol. The van der Waals surface area contributed by atoms with E-state index in [0.29, 0.717) is 26.2 Å². The highest BCUT2D eigenvalue weighted by molar-refractivity contribution is 6.00. The standard InChI is InChI=1S/C24H25N5O4/c1-32-21-9-7-19(8-10-21)28-12-17(11-23(28)30)24(31)27-14-20(15-27)29-13-18(25-26-29)16-33-22-5-3-2-4-6-22/h2-10,13,17,20H,11-12,14-16H2,1H3. The Morgan fingerprint density at radius 3 is 2.52 bits per heavy atom. The third-order valence-electron chi connectivity index (χ3n) is 6.09. The van der Waals surface area contributed by atoms with Gasteiger partial charge in [0.25, 0.3) is 0 Å². The monoisotopic (exact) mass is 447 g/mol. The molecule has 0 bridgehead atoms. The molecule has 1 unspecified atom stereocenters. The number of carbonyl (C=O) groups is 2. The molecule has 9 nitrogen and oxygen atoms in total. The predicted molar refractivity (Wildman–Crippen MR) is 120 cm³/mol. The number of hydrogen-bond acceptors (Lipinski definition) is 6. The molecule has 2 aliphatic heterocycles. The van der Waals surface area contributed by atoms with Gasteiger partial charge in [-0.25, -0.2) is 4.68 Å². The van der Waals surface area contributed by atoms with Crippen LogP contribution in [0.5, 0.6) is 11.5 Å². The normalized spacial score (nSPS) is 18.3. The summed E-state index contributed by atoms with van der Waals surface area (Å²) in [5.41, 5.74) is 1.52. The van der Waals surface area contributed by atoms with Crippen molar-refractivity contribution in [3.8, 4) is 11.5 Å². The molecule has 0 aliphatic carbocycles. The molecule has 0 spiro atoms. The number of benzene rings is 2. The SMILES string of the molecule is COc1ccc(N2CC(C(=O)N3CC(n4cc(COc5ccccc5)nn4)C3)CC2=O)cc1. The summed E-state index contributed by atoms with van der Waals surface area (Å²) < 4.78 is 12.7. The molecule has 0 radical (unpaired) electrons. The molecule has 2 saturated heterocycles. The van der Waals surface area contributed by atoms with Crippen LogP contribution in [0.15, 0.2) is 60.8 Å². The van der Waals surface area contributed by atoms with E-state index in [9.17, 15) is 9.59 Å². The highest BCUT2D eigenvalue weighted by Crippen LogP contribution is 2.30. The molecule has 5 rings (SSSR count). The van der Waals surface area contributed by atoms with E-state index in [1.165, 1.54) is 0 Å². The minimum Gasteiger partial charge on any atom is -0.497 e. The number of methoxy groups -OCH3 is 1. The summed E-state index contributed by atoms with van der Waals surface area (Å²) in [6.45, 7) is 1.86. The van der Waals surface area contributed by atoms with E-state index in [-0.39, 0.29) is 30.2 Å². The number of rotatable bonds is 7. The Kier molecular flexibility index (Phi) is 5.68. The quantitative estimate of drug-likeness (QED) is 0.552. The number of ether oxygens (including phenoxy) is 2. The van der Waals surface area contributed by atoms with Gasteiger partial charge in [-0.1, -0.05) is 23.4 Å². The van der Waals surface area contributed by atoms with Crippen LogP contribution in [0.2, 0.25) is 0 Å². The predicted octanol–water partition coefficient (Wildman–Crippen LogP) is 2.30. The molecule has 2 amide bonds. The van der Waals surface area contributed by atoms with Crippen LogP contribution in [0, 0.1) is 5.92 Å². The fraction of sp³-hybridized carbons (Fsp3) is 0.333. The Morgan fingerprint density at radius 1 is 1.03 bits per heavy atom. The van der Waals surface area contributed by atoms with Gasteiger partial charge in [0, 0.05) is 31.7 Å². The fourth-order valence-electron chi connectivity index (χ4n) is 4.18. The maximum atomic E-state index is 13.0. The van der Waals surface area contributed by atoms with Gasteiger partial charge < -0.3 is 19.3 Å². The van der Waals surface area contributed by atoms with Gasteiger partial charge in [0.15, 0.2) is 0 Å². The zero-order valence-electron chi connectivity index (χ0n) is 18.3. The molecule has 2 aromatic carbocycles. The van der Waals surface area contributed by atoms with Crippen molar-refractivity contribution in [2.75, 3.05) is 31.6 Å². The topological polar surface area (TPSA) is 89.8 Å². The van der Waals surface area contributed by atoms with E-state index < -0.39 is 0 Å². The molecule has 0 N–H and O–H groups in total. The van der Waals surface area contributed by atoms with Crippen molar-refractivity contribution in [2.45, 2.75) is 19.1 Å². The Labute approximate surface area is 191 Å². The van der Waals surface area contributed by atoms with Crippen molar-refractivity contribution in [2.24, 2.45) is 5.92 Å². The first-order chi connectivity index (χ1) is 16.1. The maximum absolute atomic E-state index is 13.0. The van der Waals surface area contributed by atoms with Gasteiger partial charge in [-0.05, 0) is 36.4 Å². The van der Waals surface area contributed by atoms with E-state index in [1.807, 2.05) is 60.8 Å². The first-order valence-electron chi connectivity index (χ1n) is 10.9. The summed E-state index contributed by atoms with van der Waals surface area (Å²) in [6, 6.07) is 16.9. The number of para-hydroxylation sites is 1. The van der Waals surface area contributed by atoms with Gasteiger partial charge in [-0.15, -0.1) is 5.10 Å². The summed E-state index contributed by atoms with van der Waals surface area (Å²) >= 11 is 0. The number of aromatic nitrogens is 3. The molecule has 2 aliphatic rings. The van der Waals surface area contributed by atoms with Crippen LogP contribution in [0.25, 0.3) is 0 Å². The van der Waals surface area contributed by atoms with Crippen LogP contribution in [0.1, 0.15) is 18.2 Å². The lowest BCUT2D eigenvalue weighted by atomic mass is 10.0. The van der Waals surface area contributed by atoms with Crippen molar-refractivity contribution in [1.29, 1.82) is 0 Å². The van der Waals surface area contributed by atoms with Gasteiger partial charge in [-0.3, -0.25) is 9.59 Å². The third-order valence-corrected chi connectivity index (χ3v) is 6.09. The molecule has 1 atom stereocenters. The Balaban J connectivity index is 1.13. The smallest absolute Gasteiger partial charge is 0.228 e. The van der Waals surface area contributed by atoms with Crippen molar-refractivity contribution in [3.63, 3.8) is 0 Å². The second kappa shape index (κ2) is 8.93. The van der Waals surface area contributed by atoms with Crippen LogP contribution in [0.3, 0.4) is 0 Å². The van der Waals surface area contributed by atoms with Gasteiger partial charge in [0.05, 0.1) is 25.3 Å². The summed E-state index contributed by atoms with van der Waals surface area (Å²) in [6.07, 6.45) is 2.09. The highest BCUT2D eigenvalue weighted by atomic mass is 16.5. The van der Waals surface area contributed by atoms with Crippen molar-refractivity contribution < 1.29 is 19.1 Å². The van der Waals surface area contributed by atoms with Gasteiger partial charge in [0.2, 0.25) is 11.8 Å². The third kappa shape index (κ3) is 4.39. The Bertz CT molecular complexity index is 1130. The molecule has 9 heteroatoms. The van der Waals surface area contributed by atoms with E-state index in [4.69, 9.17) is 9.47 Å². The molecule has 3 heterocycles. The fourth-order valence-corrected chi connectivity index (χ4v) is 4.18. The number of nitrogens with zero attached hydrogens (tertiary/aromatic N) is 5. The molecule has 33 heavy (non-hydrogen) atoms. The number of hydrogen-bond donors (Lipinski definition) is 0. The molecular formula is C24H25N5O4. The molecule has 3 aromatic rings. The minimum absolute atomic E-state index is 0.0170. The van der Waals surface area contributed by atoms with Crippen LogP contribution in [-0.4, -0.2) is 58.5 Å². The Hall–Kier alpha value is -3.88. The highest BCUT2D eigenvalue weighted by Gasteiger charge is 2.41. The van der Waals surface area contributed by atoms with Crippen LogP contribution < -0.4 is 14.4 Å². The van der Waals surface area contributed by atoms with E-state index in [0.717, 1.165) is 22.9 Å². The second-order valence-electron chi connectivity index (χ2n) is 8.29. The Morgan fingerprint density at radius 2 is 1.79 bits per heavy atom. The zero-order valence-corrected chi connectivity index (χ0v) is 18.3. The van der Waals surface area contributed by atoms with Crippen LogP contribution >= 0.6 is 0 Å². The molecule has 2 fully saturated rings. The van der Waals surface area contributed by atoms with E-state index in [2.05, 4.69) is 10.3 Å². The summed E-state index contributed by atoms with van der Waals surface area (Å²) in [4.78, 5) is 28.9. The summed E-state index contributed by atoms with van der Waals surface area (Å²) in [5, 5.41) is 8.37. The van der Waals surface area contributed by atoms with Crippen molar-refractivity contribution >= 4 is 17.5 Å². The van der Waals surface area contributed by atoms with Crippen molar-refractivity contribution in [1.82, 2.24) is 19.9 Å². The van der Waals surface area contributed by atoms with E-state index >= 15 is 0 Å². The lowest BCUT2D eigenvalue weighted by Crippen LogP contribution is -2.53. The number of anilines is 1. The lowest BCUT2D eigenvalue weighted by molar-refractivity contribution is -0.141. The van der Waals surface area contributed by atoms with Gasteiger partial charge >= 0.3 is 0 Å². The first kappa shape index (κ1) is 21.0. The second-order valence-corrected chi connectivity index (χ2v) is 8.29. The summed E-state index contributed by atoms with van der Waals surface area (Å²) in [7, 11) is 1.60. The van der Waals surface area contributed by atoms with E-state index in [1.54, 1.807) is 21.6 Å². The largest absolute Gasteiger partial charge is 0.497 e. The summed E-state index contributed by atoms with van der Waals surface area (Å²) in [5.74, 6) is 1.17. The van der Waals surface area contributed by atoms with Crippen LogP contribution in [-0.2, 0) is 16.2 Å².